The summed E-state index contributed by atoms with van der Waals surface area (Å²) < 4.78 is 0. The van der Waals surface area contributed by atoms with Gasteiger partial charge in [0.2, 0.25) is 0 Å². The highest BCUT2D eigenvalue weighted by Gasteiger charge is 1.89. The lowest BCUT2D eigenvalue weighted by molar-refractivity contribution is 0.574. The summed E-state index contributed by atoms with van der Waals surface area (Å²) >= 11 is 0. The van der Waals surface area contributed by atoms with E-state index in [-0.39, 0.29) is 0 Å². The summed E-state index contributed by atoms with van der Waals surface area (Å²) in [5.41, 5.74) is 0. The predicted octanol–water partition coefficient (Wildman–Crippen LogP) is 2.31. The van der Waals surface area contributed by atoms with E-state index >= 15 is 0 Å². The van der Waals surface area contributed by atoms with Gasteiger partial charge in [-0.15, -0.1) is 0 Å². The van der Waals surface area contributed by atoms with E-state index in [1.54, 1.807) is 0 Å². The van der Waals surface area contributed by atoms with Gasteiger partial charge >= 0.3 is 0 Å². The summed E-state index contributed by atoms with van der Waals surface area (Å²) in [7, 11) is 0. The van der Waals surface area contributed by atoms with Crippen LogP contribution in [-0.2, 0) is 0 Å². The van der Waals surface area contributed by atoms with E-state index in [2.05, 4.69) is 25.2 Å². The van der Waals surface area contributed by atoms with Gasteiger partial charge in [-0.1, -0.05) is 27.7 Å². The maximum Gasteiger partial charge on any atom is 0.0622 e. The Morgan fingerprint density at radius 2 is 1.91 bits per heavy atom. The maximum atomic E-state index is 8.15. The van der Waals surface area contributed by atoms with Gasteiger partial charge in [-0.3, -0.25) is 0 Å². The van der Waals surface area contributed by atoms with Crippen LogP contribution in [0.25, 0.3) is 0 Å². The van der Waals surface area contributed by atoms with Crippen LogP contribution in [-0.4, -0.2) is 12.6 Å². The highest BCUT2D eigenvalue weighted by Crippen LogP contribution is 1.84. The van der Waals surface area contributed by atoms with Crippen molar-refractivity contribution in [3.05, 3.63) is 0 Å². The Bertz CT molecular complexity index is 92.2. The van der Waals surface area contributed by atoms with Crippen LogP contribution in [0.1, 0.15) is 40.5 Å². The maximum absolute atomic E-state index is 8.15. The molecular weight excluding hydrogens is 136 g/mol. The van der Waals surface area contributed by atoms with Crippen molar-refractivity contribution in [3.63, 3.8) is 0 Å². The zero-order valence-corrected chi connectivity index (χ0v) is 8.15. The predicted molar refractivity (Wildman–Crippen MR) is 49.3 cm³/mol. The number of hydrogen-bond acceptors (Lipinski definition) is 2. The van der Waals surface area contributed by atoms with Gasteiger partial charge in [0.1, 0.15) is 0 Å². The van der Waals surface area contributed by atoms with E-state index in [4.69, 9.17) is 5.26 Å². The van der Waals surface area contributed by atoms with Crippen LogP contribution in [0.3, 0.4) is 0 Å². The molecule has 0 aromatic heterocycles. The van der Waals surface area contributed by atoms with E-state index in [1.165, 1.54) is 0 Å². The highest BCUT2D eigenvalue weighted by molar-refractivity contribution is 4.69. The van der Waals surface area contributed by atoms with Crippen LogP contribution in [0.15, 0.2) is 0 Å². The molecular formula is C9H20N2. The first-order valence-corrected chi connectivity index (χ1v) is 4.37. The molecule has 1 N–H and O–H groups in total. The molecule has 2 heteroatoms. The third kappa shape index (κ3) is 17.7. The number of hydrogen-bond donors (Lipinski definition) is 1. The number of nitrogens with zero attached hydrogens (tertiary/aromatic N) is 1. The van der Waals surface area contributed by atoms with Crippen molar-refractivity contribution in [3.8, 4) is 6.07 Å². The average molecular weight is 156 g/mol. The van der Waals surface area contributed by atoms with Gasteiger partial charge in [-0.2, -0.15) is 5.26 Å². The van der Waals surface area contributed by atoms with Crippen molar-refractivity contribution in [1.29, 1.82) is 5.26 Å². The molecule has 0 saturated carbocycles. The molecule has 0 aromatic rings. The lowest BCUT2D eigenvalue weighted by Gasteiger charge is -2.04. The van der Waals surface area contributed by atoms with E-state index in [1.807, 2.05) is 13.8 Å². The quantitative estimate of drug-likeness (QED) is 0.634. The normalized spacial score (nSPS) is 8.36. The number of nitrogens with one attached hydrogen (secondary N) is 1. The van der Waals surface area contributed by atoms with Crippen LogP contribution < -0.4 is 5.32 Å². The molecule has 0 saturated heterocycles. The molecule has 0 aliphatic rings. The number of nitriles is 1. The van der Waals surface area contributed by atoms with Crippen molar-refractivity contribution in [2.75, 3.05) is 6.54 Å². The van der Waals surface area contributed by atoms with Crippen molar-refractivity contribution in [1.82, 2.24) is 5.32 Å². The zero-order chi connectivity index (χ0) is 9.11. The van der Waals surface area contributed by atoms with Gasteiger partial charge < -0.3 is 5.32 Å². The van der Waals surface area contributed by atoms with Crippen molar-refractivity contribution in [2.24, 2.45) is 0 Å². The molecule has 0 aliphatic carbocycles. The van der Waals surface area contributed by atoms with Crippen molar-refractivity contribution >= 4 is 0 Å². The minimum absolute atomic E-state index is 0.545. The molecule has 0 bridgehead atoms. The standard InChI is InChI=1S/C7H14N2.C2H6/c1-7(2)9-6-4-3-5-8;1-2/h7,9H,3-4,6H2,1-2H3;1-2H3. The number of unbranched alkanes of at least 4 members (excludes halogenated alkanes) is 1. The average Bonchev–Trinajstić information content (AvgIpc) is 2.02. The highest BCUT2D eigenvalue weighted by atomic mass is 14.9. The van der Waals surface area contributed by atoms with Gasteiger partial charge in [0, 0.05) is 12.5 Å². The van der Waals surface area contributed by atoms with Crippen molar-refractivity contribution in [2.45, 2.75) is 46.6 Å². The molecule has 2 nitrogen and oxygen atoms in total. The Balaban J connectivity index is 0. The van der Waals surface area contributed by atoms with Gasteiger partial charge in [0.25, 0.3) is 0 Å². The Morgan fingerprint density at radius 3 is 2.27 bits per heavy atom. The molecule has 0 atom stereocenters. The second-order valence-electron chi connectivity index (χ2n) is 2.37. The van der Waals surface area contributed by atoms with E-state index in [9.17, 15) is 0 Å². The molecule has 11 heavy (non-hydrogen) atoms. The van der Waals surface area contributed by atoms with Gasteiger partial charge in [0.15, 0.2) is 0 Å². The monoisotopic (exact) mass is 156 g/mol. The molecule has 0 fully saturated rings. The Morgan fingerprint density at radius 1 is 1.36 bits per heavy atom. The minimum Gasteiger partial charge on any atom is -0.314 e. The third-order valence-corrected chi connectivity index (χ3v) is 1.02. The topological polar surface area (TPSA) is 35.8 Å². The SMILES string of the molecule is CC.CC(C)NCCCC#N. The van der Waals surface area contributed by atoms with Gasteiger partial charge in [0.05, 0.1) is 6.07 Å². The minimum atomic E-state index is 0.545. The Kier molecular flexibility index (Phi) is 14.4. The van der Waals surface area contributed by atoms with Crippen LogP contribution >= 0.6 is 0 Å². The van der Waals surface area contributed by atoms with Crippen molar-refractivity contribution < 1.29 is 0 Å². The van der Waals surface area contributed by atoms with Gasteiger partial charge in [-0.25, -0.2) is 0 Å². The van der Waals surface area contributed by atoms with Crippen LogP contribution in [0.4, 0.5) is 0 Å². The lowest BCUT2D eigenvalue weighted by atomic mass is 10.3. The summed E-state index contributed by atoms with van der Waals surface area (Å²) in [6, 6.07) is 2.65. The summed E-state index contributed by atoms with van der Waals surface area (Å²) in [6.45, 7) is 9.17. The fourth-order valence-electron chi connectivity index (χ4n) is 0.558. The molecule has 66 valence electrons. The first kappa shape index (κ1) is 13.1. The zero-order valence-electron chi connectivity index (χ0n) is 8.15. The van der Waals surface area contributed by atoms with Crippen LogP contribution in [0.5, 0.6) is 0 Å². The Hall–Kier alpha value is -0.550. The largest absolute Gasteiger partial charge is 0.314 e. The van der Waals surface area contributed by atoms with E-state index < -0.39 is 0 Å². The first-order chi connectivity index (χ1) is 5.27. The van der Waals surface area contributed by atoms with E-state index in [0.29, 0.717) is 12.5 Å². The summed E-state index contributed by atoms with van der Waals surface area (Å²) in [6.07, 6.45) is 1.63. The summed E-state index contributed by atoms with van der Waals surface area (Å²) in [4.78, 5) is 0. The van der Waals surface area contributed by atoms with Crippen LogP contribution in [0, 0.1) is 11.3 Å². The fraction of sp³-hybridized carbons (Fsp3) is 0.889. The summed E-state index contributed by atoms with van der Waals surface area (Å²) in [5.74, 6) is 0. The Labute approximate surface area is 70.6 Å². The second-order valence-corrected chi connectivity index (χ2v) is 2.37. The molecule has 0 amide bonds. The van der Waals surface area contributed by atoms with Gasteiger partial charge in [-0.05, 0) is 13.0 Å². The molecule has 0 spiro atoms. The molecule has 0 aromatic carbocycles. The second kappa shape index (κ2) is 12.2. The third-order valence-electron chi connectivity index (χ3n) is 1.02. The van der Waals surface area contributed by atoms with E-state index in [0.717, 1.165) is 13.0 Å². The lowest BCUT2D eigenvalue weighted by Crippen LogP contribution is -2.23. The molecule has 0 aliphatic heterocycles. The van der Waals surface area contributed by atoms with Crippen LogP contribution in [0.2, 0.25) is 0 Å². The smallest absolute Gasteiger partial charge is 0.0622 e. The first-order valence-electron chi connectivity index (χ1n) is 4.37. The summed E-state index contributed by atoms with van der Waals surface area (Å²) in [5, 5.41) is 11.4. The molecule has 0 radical (unpaired) electrons. The number of rotatable bonds is 4. The molecule has 0 rings (SSSR count). The molecule has 0 heterocycles. The fourth-order valence-corrected chi connectivity index (χ4v) is 0.558. The molecule has 0 unspecified atom stereocenters.